The molecule has 0 unspecified atom stereocenters. The average molecular weight is 544 g/mol. The maximum Gasteiger partial charge on any atom is 0.277 e. The lowest BCUT2D eigenvalue weighted by atomic mass is 10.2. The van der Waals surface area contributed by atoms with Crippen molar-refractivity contribution in [2.75, 3.05) is 48.8 Å². The van der Waals surface area contributed by atoms with Crippen molar-refractivity contribution >= 4 is 50.8 Å². The highest BCUT2D eigenvalue weighted by Gasteiger charge is 2.26. The molecule has 3 aromatic rings. The van der Waals surface area contributed by atoms with Gasteiger partial charge in [0, 0.05) is 44.5 Å². The molecule has 13 heteroatoms. The van der Waals surface area contributed by atoms with Crippen molar-refractivity contribution in [2.24, 2.45) is 0 Å². The summed E-state index contributed by atoms with van der Waals surface area (Å²) in [5.74, 6) is 1.78. The van der Waals surface area contributed by atoms with Crippen molar-refractivity contribution < 1.29 is 8.42 Å². The molecule has 0 bridgehead atoms. The lowest BCUT2D eigenvalue weighted by Gasteiger charge is -2.33. The van der Waals surface area contributed by atoms with Crippen LogP contribution in [0.3, 0.4) is 0 Å². The minimum absolute atomic E-state index is 0.0683. The zero-order valence-corrected chi connectivity index (χ0v) is 22.1. The third-order valence-corrected chi connectivity index (χ3v) is 7.60. The van der Waals surface area contributed by atoms with Crippen molar-refractivity contribution in [1.82, 2.24) is 29.3 Å². The Bertz CT molecular complexity index is 1310. The summed E-state index contributed by atoms with van der Waals surface area (Å²) in [4.78, 5) is 17.9. The predicted octanol–water partition coefficient (Wildman–Crippen LogP) is 2.85. The second-order valence-electron chi connectivity index (χ2n) is 9.25. The summed E-state index contributed by atoms with van der Waals surface area (Å²) in [7, 11) is -1.36. The highest BCUT2D eigenvalue weighted by molar-refractivity contribution is 7.87. The Morgan fingerprint density at radius 2 is 1.68 bits per heavy atom. The standard InChI is InChI=1S/C24H30ClN9O2S/c1-33-10-12-34(13-11-33)22-9-8-20(15-26-22)30-24-27-16-21(25)23(31-24)29-18-4-2-17(3-5-18)14-28-37(35,36)32-19-6-7-19/h2-5,8-9,15-16,19,28,32H,6-7,10-14H2,1H3,(H2,27,29,30,31). The molecule has 5 rings (SSSR count). The van der Waals surface area contributed by atoms with Gasteiger partial charge in [-0.15, -0.1) is 0 Å². The average Bonchev–Trinajstić information content (AvgIpc) is 3.70. The predicted molar refractivity (Wildman–Crippen MR) is 146 cm³/mol. The van der Waals surface area contributed by atoms with Gasteiger partial charge in [-0.05, 0) is 49.7 Å². The van der Waals surface area contributed by atoms with E-state index in [-0.39, 0.29) is 12.6 Å². The number of likely N-dealkylation sites (N-methyl/N-ethyl adjacent to an activating group) is 1. The number of rotatable bonds is 10. The van der Waals surface area contributed by atoms with Gasteiger partial charge in [-0.3, -0.25) is 0 Å². The Morgan fingerprint density at radius 1 is 0.946 bits per heavy atom. The maximum atomic E-state index is 12.0. The van der Waals surface area contributed by atoms with Crippen LogP contribution in [-0.4, -0.2) is 67.5 Å². The second-order valence-corrected chi connectivity index (χ2v) is 11.2. The van der Waals surface area contributed by atoms with Crippen LogP contribution >= 0.6 is 11.6 Å². The number of hydrogen-bond donors (Lipinski definition) is 4. The number of aromatic nitrogens is 3. The zero-order chi connectivity index (χ0) is 25.8. The third-order valence-electron chi connectivity index (χ3n) is 6.16. The zero-order valence-electron chi connectivity index (χ0n) is 20.5. The number of halogens is 1. The van der Waals surface area contributed by atoms with Crippen LogP contribution in [0.2, 0.25) is 5.02 Å². The first-order chi connectivity index (χ1) is 17.8. The topological polar surface area (TPSA) is 127 Å². The molecule has 1 saturated heterocycles. The molecule has 1 aliphatic carbocycles. The van der Waals surface area contributed by atoms with Crippen LogP contribution < -0.4 is 25.0 Å². The largest absolute Gasteiger partial charge is 0.354 e. The van der Waals surface area contributed by atoms with Gasteiger partial charge in [-0.25, -0.2) is 9.97 Å². The number of benzene rings is 1. The van der Waals surface area contributed by atoms with Crippen molar-refractivity contribution in [3.63, 3.8) is 0 Å². The van der Waals surface area contributed by atoms with Crippen LogP contribution in [-0.2, 0) is 16.8 Å². The van der Waals surface area contributed by atoms with E-state index >= 15 is 0 Å². The summed E-state index contributed by atoms with van der Waals surface area (Å²) in [6.45, 7) is 4.16. The van der Waals surface area contributed by atoms with E-state index in [1.165, 1.54) is 6.20 Å². The molecule has 0 spiro atoms. The molecule has 1 aliphatic heterocycles. The summed E-state index contributed by atoms with van der Waals surface area (Å²) >= 11 is 6.32. The molecule has 2 aromatic heterocycles. The van der Waals surface area contributed by atoms with Gasteiger partial charge in [-0.1, -0.05) is 23.7 Å². The monoisotopic (exact) mass is 543 g/mol. The molecule has 11 nitrogen and oxygen atoms in total. The van der Waals surface area contributed by atoms with Crippen LogP contribution in [0.1, 0.15) is 18.4 Å². The quantitative estimate of drug-likeness (QED) is 0.305. The van der Waals surface area contributed by atoms with Gasteiger partial charge in [0.2, 0.25) is 5.95 Å². The van der Waals surface area contributed by atoms with E-state index in [0.717, 1.165) is 61.8 Å². The maximum absolute atomic E-state index is 12.0. The minimum Gasteiger partial charge on any atom is -0.354 e. The molecule has 0 atom stereocenters. The van der Waals surface area contributed by atoms with E-state index in [9.17, 15) is 8.42 Å². The Labute approximate surface area is 221 Å². The van der Waals surface area contributed by atoms with Gasteiger partial charge in [0.15, 0.2) is 5.82 Å². The Kier molecular flexibility index (Phi) is 7.72. The van der Waals surface area contributed by atoms with Gasteiger partial charge >= 0.3 is 0 Å². The Hall–Kier alpha value is -3.03. The van der Waals surface area contributed by atoms with Gasteiger partial charge < -0.3 is 20.4 Å². The molecule has 1 aromatic carbocycles. The molecular formula is C24H30ClN9O2S. The number of hydrogen-bond acceptors (Lipinski definition) is 9. The summed E-state index contributed by atoms with van der Waals surface area (Å²) in [5, 5.41) is 6.73. The number of nitrogens with zero attached hydrogens (tertiary/aromatic N) is 5. The van der Waals surface area contributed by atoms with Crippen molar-refractivity contribution in [3.05, 3.63) is 59.4 Å². The van der Waals surface area contributed by atoms with E-state index in [1.807, 2.05) is 36.4 Å². The fraction of sp³-hybridized carbons (Fsp3) is 0.375. The molecular weight excluding hydrogens is 514 g/mol. The van der Waals surface area contributed by atoms with E-state index in [2.05, 4.69) is 51.9 Å². The molecule has 2 fully saturated rings. The normalized spacial score (nSPS) is 16.5. The molecule has 0 radical (unpaired) electrons. The Morgan fingerprint density at radius 3 is 2.35 bits per heavy atom. The van der Waals surface area contributed by atoms with Crippen LogP contribution in [0.4, 0.5) is 29.0 Å². The van der Waals surface area contributed by atoms with E-state index in [0.29, 0.717) is 16.8 Å². The van der Waals surface area contributed by atoms with Crippen molar-refractivity contribution in [2.45, 2.75) is 25.4 Å². The number of pyridine rings is 1. The highest BCUT2D eigenvalue weighted by atomic mass is 35.5. The molecule has 1 saturated carbocycles. The first kappa shape index (κ1) is 25.6. The summed E-state index contributed by atoms with van der Waals surface area (Å²) < 4.78 is 29.1. The highest BCUT2D eigenvalue weighted by Crippen LogP contribution is 2.26. The smallest absolute Gasteiger partial charge is 0.277 e. The first-order valence-corrected chi connectivity index (χ1v) is 14.0. The molecule has 3 heterocycles. The number of anilines is 5. The van der Waals surface area contributed by atoms with Gasteiger partial charge in [0.25, 0.3) is 10.2 Å². The van der Waals surface area contributed by atoms with Gasteiger partial charge in [0.05, 0.1) is 18.1 Å². The summed E-state index contributed by atoms with van der Waals surface area (Å²) in [5.41, 5.74) is 2.36. The van der Waals surface area contributed by atoms with Crippen molar-refractivity contribution in [1.29, 1.82) is 0 Å². The van der Waals surface area contributed by atoms with Crippen LogP contribution in [0.5, 0.6) is 0 Å². The Balaban J connectivity index is 1.18. The van der Waals surface area contributed by atoms with Crippen LogP contribution in [0.25, 0.3) is 0 Å². The van der Waals surface area contributed by atoms with Crippen LogP contribution in [0, 0.1) is 0 Å². The van der Waals surface area contributed by atoms with Crippen LogP contribution in [0.15, 0.2) is 48.8 Å². The molecule has 37 heavy (non-hydrogen) atoms. The second kappa shape index (κ2) is 11.2. The van der Waals surface area contributed by atoms with E-state index < -0.39 is 10.2 Å². The minimum atomic E-state index is -3.49. The number of nitrogens with one attached hydrogen (secondary N) is 4. The number of piperazine rings is 1. The lowest BCUT2D eigenvalue weighted by molar-refractivity contribution is 0.312. The third kappa shape index (κ3) is 7.27. The van der Waals surface area contributed by atoms with Crippen molar-refractivity contribution in [3.8, 4) is 0 Å². The molecule has 4 N–H and O–H groups in total. The van der Waals surface area contributed by atoms with E-state index in [4.69, 9.17) is 11.6 Å². The summed E-state index contributed by atoms with van der Waals surface area (Å²) in [6.07, 6.45) is 5.08. The molecule has 2 aliphatic rings. The summed E-state index contributed by atoms with van der Waals surface area (Å²) in [6, 6.07) is 11.4. The lowest BCUT2D eigenvalue weighted by Crippen LogP contribution is -2.44. The fourth-order valence-electron chi connectivity index (χ4n) is 3.81. The fourth-order valence-corrected chi connectivity index (χ4v) is 5.06. The molecule has 0 amide bonds. The molecule has 196 valence electrons. The SMILES string of the molecule is CN1CCN(c2ccc(Nc3ncc(Cl)c(Nc4ccc(CNS(=O)(=O)NC5CC5)cc4)n3)cn2)CC1. The van der Waals surface area contributed by atoms with E-state index in [1.54, 1.807) is 6.20 Å². The van der Waals surface area contributed by atoms with Gasteiger partial charge in [-0.2, -0.15) is 22.8 Å². The van der Waals surface area contributed by atoms with Gasteiger partial charge in [0.1, 0.15) is 10.8 Å². The first-order valence-electron chi connectivity index (χ1n) is 12.1.